The Hall–Kier alpha value is -1.43. The molecule has 1 aliphatic heterocycles. The van der Waals surface area contributed by atoms with Gasteiger partial charge in [0.1, 0.15) is 10.9 Å². The maximum Gasteiger partial charge on any atom is 0.266 e. The summed E-state index contributed by atoms with van der Waals surface area (Å²) < 4.78 is 0. The molecule has 3 rings (SSSR count). The largest absolute Gasteiger partial charge is 0.354 e. The quantitative estimate of drug-likeness (QED) is 0.908. The fraction of sp³-hybridized carbons (Fsp3) is 0.722. The van der Waals surface area contributed by atoms with E-state index in [-0.39, 0.29) is 17.9 Å². The van der Waals surface area contributed by atoms with Gasteiger partial charge in [-0.05, 0) is 31.6 Å². The summed E-state index contributed by atoms with van der Waals surface area (Å²) in [4.78, 5) is 32.8. The van der Waals surface area contributed by atoms with Gasteiger partial charge in [0.2, 0.25) is 5.91 Å². The highest BCUT2D eigenvalue weighted by Gasteiger charge is 2.35. The van der Waals surface area contributed by atoms with Gasteiger partial charge in [0.05, 0.1) is 11.2 Å². The van der Waals surface area contributed by atoms with Crippen LogP contribution in [0.25, 0.3) is 0 Å². The van der Waals surface area contributed by atoms with Crippen molar-refractivity contribution in [1.29, 1.82) is 0 Å². The van der Waals surface area contributed by atoms with Gasteiger partial charge in [0, 0.05) is 19.0 Å². The Bertz CT molecular complexity index is 593. The van der Waals surface area contributed by atoms with Crippen molar-refractivity contribution >= 4 is 23.2 Å². The highest BCUT2D eigenvalue weighted by Crippen LogP contribution is 2.37. The minimum Gasteiger partial charge on any atom is -0.354 e. The molecule has 1 unspecified atom stereocenters. The molecule has 1 aromatic heterocycles. The van der Waals surface area contributed by atoms with Crippen molar-refractivity contribution in [1.82, 2.24) is 15.2 Å². The number of rotatable bonds is 4. The van der Waals surface area contributed by atoms with Crippen molar-refractivity contribution < 1.29 is 9.59 Å². The maximum atomic E-state index is 13.2. The molecule has 6 heteroatoms. The molecule has 132 valence electrons. The van der Waals surface area contributed by atoms with Gasteiger partial charge < -0.3 is 10.2 Å². The van der Waals surface area contributed by atoms with E-state index < -0.39 is 0 Å². The Morgan fingerprint density at radius 3 is 2.83 bits per heavy atom. The molecule has 1 N–H and O–H groups in total. The van der Waals surface area contributed by atoms with Crippen molar-refractivity contribution in [2.24, 2.45) is 5.92 Å². The molecule has 2 fully saturated rings. The van der Waals surface area contributed by atoms with Crippen molar-refractivity contribution in [2.75, 3.05) is 13.1 Å². The molecule has 1 saturated carbocycles. The Morgan fingerprint density at radius 1 is 1.38 bits per heavy atom. The number of nitrogens with zero attached hydrogens (tertiary/aromatic N) is 2. The minimum atomic E-state index is -0.362. The topological polar surface area (TPSA) is 62.3 Å². The molecule has 2 heterocycles. The predicted octanol–water partition coefficient (Wildman–Crippen LogP) is 3.18. The molecule has 1 saturated heterocycles. The van der Waals surface area contributed by atoms with Crippen LogP contribution in [0.1, 0.15) is 73.7 Å². The highest BCUT2D eigenvalue weighted by molar-refractivity contribution is 7.11. The molecule has 0 spiro atoms. The summed E-state index contributed by atoms with van der Waals surface area (Å²) in [5.41, 5.74) is 2.76. The van der Waals surface area contributed by atoms with E-state index >= 15 is 0 Å². The summed E-state index contributed by atoms with van der Waals surface area (Å²) in [6.45, 7) is 5.47. The molecule has 0 aromatic carbocycles. The smallest absolute Gasteiger partial charge is 0.266 e. The van der Waals surface area contributed by atoms with Gasteiger partial charge in [-0.25, -0.2) is 4.98 Å². The molecular formula is C18H27N3O2S. The third kappa shape index (κ3) is 3.63. The maximum absolute atomic E-state index is 13.2. The first-order valence-corrected chi connectivity index (χ1v) is 9.98. The molecular weight excluding hydrogens is 322 g/mol. The summed E-state index contributed by atoms with van der Waals surface area (Å²) in [5.74, 6) is 0.771. The van der Waals surface area contributed by atoms with E-state index in [0.29, 0.717) is 31.3 Å². The first-order chi connectivity index (χ1) is 11.6. The first-order valence-electron chi connectivity index (χ1n) is 9.10. The molecule has 5 nitrogen and oxygen atoms in total. The minimum absolute atomic E-state index is 0.00194. The fourth-order valence-electron chi connectivity index (χ4n) is 3.84. The van der Waals surface area contributed by atoms with Gasteiger partial charge in [0.15, 0.2) is 0 Å². The Kier molecular flexibility index (Phi) is 5.54. The van der Waals surface area contributed by atoms with Crippen LogP contribution in [0, 0.1) is 5.92 Å². The fourth-order valence-corrected chi connectivity index (χ4v) is 4.67. The lowest BCUT2D eigenvalue weighted by Gasteiger charge is -2.29. The van der Waals surface area contributed by atoms with Gasteiger partial charge in [0.25, 0.3) is 5.91 Å². The molecule has 0 radical (unpaired) electrons. The van der Waals surface area contributed by atoms with Crippen LogP contribution in [-0.2, 0) is 4.79 Å². The zero-order valence-corrected chi connectivity index (χ0v) is 15.4. The van der Waals surface area contributed by atoms with E-state index in [1.807, 2.05) is 0 Å². The number of hydrogen-bond donors (Lipinski definition) is 1. The number of carbonyl (C=O) groups excluding carboxylic acids is 2. The van der Waals surface area contributed by atoms with Gasteiger partial charge >= 0.3 is 0 Å². The van der Waals surface area contributed by atoms with Crippen molar-refractivity contribution in [3.63, 3.8) is 0 Å². The lowest BCUT2D eigenvalue weighted by Crippen LogP contribution is -2.47. The molecule has 0 bridgehead atoms. The van der Waals surface area contributed by atoms with E-state index in [9.17, 15) is 9.59 Å². The van der Waals surface area contributed by atoms with Crippen molar-refractivity contribution in [3.8, 4) is 0 Å². The van der Waals surface area contributed by atoms with E-state index in [1.54, 1.807) is 10.4 Å². The zero-order chi connectivity index (χ0) is 17.1. The van der Waals surface area contributed by atoms with Gasteiger partial charge in [-0.15, -0.1) is 11.3 Å². The van der Waals surface area contributed by atoms with Gasteiger partial charge in [-0.1, -0.05) is 26.7 Å². The van der Waals surface area contributed by atoms with E-state index in [2.05, 4.69) is 24.1 Å². The first kappa shape index (κ1) is 17.4. The second-order valence-electron chi connectivity index (χ2n) is 7.34. The second kappa shape index (κ2) is 7.64. The normalized spacial score (nSPS) is 22.7. The number of thiazole rings is 1. The van der Waals surface area contributed by atoms with Crippen molar-refractivity contribution in [2.45, 2.75) is 64.3 Å². The number of aromatic nitrogens is 1. The Labute approximate surface area is 147 Å². The average molecular weight is 350 g/mol. The van der Waals surface area contributed by atoms with Gasteiger partial charge in [-0.2, -0.15) is 0 Å². The second-order valence-corrected chi connectivity index (χ2v) is 8.19. The molecule has 2 amide bonds. The van der Waals surface area contributed by atoms with Crippen LogP contribution in [0.5, 0.6) is 0 Å². The zero-order valence-electron chi connectivity index (χ0n) is 14.6. The molecule has 1 aromatic rings. The van der Waals surface area contributed by atoms with Crippen LogP contribution in [0.15, 0.2) is 5.51 Å². The number of amides is 2. The Balaban J connectivity index is 1.86. The van der Waals surface area contributed by atoms with Crippen LogP contribution >= 0.6 is 11.3 Å². The van der Waals surface area contributed by atoms with Crippen LogP contribution in [-0.4, -0.2) is 40.8 Å². The molecule has 24 heavy (non-hydrogen) atoms. The van der Waals surface area contributed by atoms with E-state index in [4.69, 9.17) is 0 Å². The van der Waals surface area contributed by atoms with E-state index in [0.717, 1.165) is 29.8 Å². The molecule has 2 aliphatic rings. The number of hydrogen-bond acceptors (Lipinski definition) is 4. The average Bonchev–Trinajstić information content (AvgIpc) is 3.19. The van der Waals surface area contributed by atoms with Crippen LogP contribution < -0.4 is 5.32 Å². The monoisotopic (exact) mass is 349 g/mol. The van der Waals surface area contributed by atoms with Crippen molar-refractivity contribution in [3.05, 3.63) is 16.1 Å². The summed E-state index contributed by atoms with van der Waals surface area (Å²) in [6.07, 6.45) is 6.20. The third-order valence-electron chi connectivity index (χ3n) is 5.04. The summed E-state index contributed by atoms with van der Waals surface area (Å²) >= 11 is 1.43. The summed E-state index contributed by atoms with van der Waals surface area (Å²) in [5, 5.41) is 2.95. The highest BCUT2D eigenvalue weighted by atomic mass is 32.1. The summed E-state index contributed by atoms with van der Waals surface area (Å²) in [6, 6.07) is -0.362. The van der Waals surface area contributed by atoms with Crippen LogP contribution in [0.4, 0.5) is 0 Å². The number of carbonyl (C=O) groups is 2. The van der Waals surface area contributed by atoms with E-state index in [1.165, 1.54) is 24.2 Å². The third-order valence-corrected chi connectivity index (χ3v) is 5.87. The molecule has 1 aliphatic carbocycles. The van der Waals surface area contributed by atoms with Crippen LogP contribution in [0.3, 0.4) is 0 Å². The van der Waals surface area contributed by atoms with Crippen LogP contribution in [0.2, 0.25) is 0 Å². The SMILES string of the molecule is CC(C)CC1C(=O)NCCCN1C(=O)c1scnc1C1CCCC1. The predicted molar refractivity (Wildman–Crippen MR) is 95.2 cm³/mol. The molecule has 1 atom stereocenters. The van der Waals surface area contributed by atoms with Gasteiger partial charge in [-0.3, -0.25) is 9.59 Å². The number of nitrogens with one attached hydrogen (secondary N) is 1. The summed E-state index contributed by atoms with van der Waals surface area (Å²) in [7, 11) is 0. The lowest BCUT2D eigenvalue weighted by molar-refractivity contribution is -0.125. The Morgan fingerprint density at radius 2 is 2.12 bits per heavy atom. The standard InChI is InChI=1S/C18H27N3O2S/c1-12(2)10-14-17(22)19-8-5-9-21(14)18(23)16-15(20-11-24-16)13-6-3-4-7-13/h11-14H,3-10H2,1-2H3,(H,19,22). The lowest BCUT2D eigenvalue weighted by atomic mass is 10.00.